The first-order chi connectivity index (χ1) is 11.6. The van der Waals surface area contributed by atoms with Gasteiger partial charge in [0.2, 0.25) is 5.91 Å². The zero-order valence-corrected chi connectivity index (χ0v) is 14.6. The summed E-state index contributed by atoms with van der Waals surface area (Å²) in [5.74, 6) is 0.267. The highest BCUT2D eigenvalue weighted by Gasteiger charge is 2.21. The highest BCUT2D eigenvalue weighted by Crippen LogP contribution is 2.11. The van der Waals surface area contributed by atoms with Gasteiger partial charge >= 0.3 is 0 Å². The Labute approximate surface area is 143 Å². The molecule has 2 aromatic rings. The number of hydrogen-bond acceptors (Lipinski definition) is 3. The summed E-state index contributed by atoms with van der Waals surface area (Å²) in [6.45, 7) is 9.39. The van der Waals surface area contributed by atoms with Crippen molar-refractivity contribution in [2.24, 2.45) is 0 Å². The minimum atomic E-state index is 0.267. The first-order valence-electron chi connectivity index (χ1n) is 8.65. The second kappa shape index (κ2) is 7.62. The van der Waals surface area contributed by atoms with E-state index in [-0.39, 0.29) is 5.91 Å². The average molecular weight is 326 g/mol. The Bertz CT molecular complexity index is 652. The molecule has 0 saturated carbocycles. The second-order valence-corrected chi connectivity index (χ2v) is 6.54. The summed E-state index contributed by atoms with van der Waals surface area (Å²) < 4.78 is 2.22. The van der Waals surface area contributed by atoms with Crippen molar-refractivity contribution in [2.45, 2.75) is 33.4 Å². The molecule has 2 aromatic heterocycles. The van der Waals surface area contributed by atoms with Crippen molar-refractivity contribution < 1.29 is 4.79 Å². The molecule has 0 bridgehead atoms. The van der Waals surface area contributed by atoms with Crippen LogP contribution in [0.3, 0.4) is 0 Å². The number of aromatic nitrogens is 2. The van der Waals surface area contributed by atoms with Crippen LogP contribution < -0.4 is 0 Å². The molecule has 0 spiro atoms. The van der Waals surface area contributed by atoms with Crippen molar-refractivity contribution >= 4 is 5.91 Å². The number of nitrogens with zero attached hydrogens (tertiary/aromatic N) is 4. The predicted molar refractivity (Wildman–Crippen MR) is 94.6 cm³/mol. The highest BCUT2D eigenvalue weighted by molar-refractivity contribution is 5.76. The molecule has 1 aliphatic rings. The summed E-state index contributed by atoms with van der Waals surface area (Å²) in [4.78, 5) is 21.0. The molecule has 3 rings (SSSR count). The van der Waals surface area contributed by atoms with Gasteiger partial charge in [-0.2, -0.15) is 0 Å². The second-order valence-electron chi connectivity index (χ2n) is 6.54. The van der Waals surface area contributed by atoms with Gasteiger partial charge in [0.15, 0.2) is 0 Å². The van der Waals surface area contributed by atoms with Gasteiger partial charge in [0.1, 0.15) is 0 Å². The number of pyridine rings is 1. The number of amides is 1. The lowest BCUT2D eigenvalue weighted by Gasteiger charge is -2.34. The van der Waals surface area contributed by atoms with Crippen LogP contribution in [0, 0.1) is 13.8 Å². The SMILES string of the molecule is Cc1ccc(C)n1CCC(=O)N1CCN(Cc2cccnc2)CC1. The van der Waals surface area contributed by atoms with Crippen LogP contribution in [-0.4, -0.2) is 51.4 Å². The van der Waals surface area contributed by atoms with Crippen LogP contribution in [-0.2, 0) is 17.9 Å². The zero-order valence-electron chi connectivity index (χ0n) is 14.6. The van der Waals surface area contributed by atoms with Gasteiger partial charge in [0.05, 0.1) is 0 Å². The monoisotopic (exact) mass is 326 g/mol. The zero-order chi connectivity index (χ0) is 16.9. The van der Waals surface area contributed by atoms with Crippen molar-refractivity contribution in [2.75, 3.05) is 26.2 Å². The van der Waals surface area contributed by atoms with Crippen molar-refractivity contribution in [3.63, 3.8) is 0 Å². The summed E-state index contributed by atoms with van der Waals surface area (Å²) in [5.41, 5.74) is 3.68. The number of rotatable bonds is 5. The molecule has 5 nitrogen and oxygen atoms in total. The van der Waals surface area contributed by atoms with Crippen LogP contribution in [0.15, 0.2) is 36.7 Å². The molecule has 5 heteroatoms. The van der Waals surface area contributed by atoms with Crippen LogP contribution in [0.25, 0.3) is 0 Å². The Morgan fingerprint density at radius 2 is 1.79 bits per heavy atom. The molecule has 3 heterocycles. The highest BCUT2D eigenvalue weighted by atomic mass is 16.2. The van der Waals surface area contributed by atoms with Gasteiger partial charge in [-0.05, 0) is 37.6 Å². The third-order valence-electron chi connectivity index (χ3n) is 4.82. The van der Waals surface area contributed by atoms with Crippen molar-refractivity contribution in [1.29, 1.82) is 0 Å². The third kappa shape index (κ3) is 4.03. The molecule has 1 saturated heterocycles. The summed E-state index contributed by atoms with van der Waals surface area (Å²) in [5, 5.41) is 0. The van der Waals surface area contributed by atoms with Crippen LogP contribution >= 0.6 is 0 Å². The van der Waals surface area contributed by atoms with Gasteiger partial charge in [-0.1, -0.05) is 6.07 Å². The van der Waals surface area contributed by atoms with Gasteiger partial charge in [0, 0.05) is 69.5 Å². The average Bonchev–Trinajstić information content (AvgIpc) is 2.92. The minimum Gasteiger partial charge on any atom is -0.349 e. The van der Waals surface area contributed by atoms with Gasteiger partial charge < -0.3 is 9.47 Å². The molecule has 0 radical (unpaired) electrons. The summed E-state index contributed by atoms with van der Waals surface area (Å²) in [6, 6.07) is 8.29. The number of carbonyl (C=O) groups is 1. The molecule has 0 atom stereocenters. The van der Waals surface area contributed by atoms with Gasteiger partial charge in [-0.25, -0.2) is 0 Å². The molecule has 24 heavy (non-hydrogen) atoms. The Hall–Kier alpha value is -2.14. The quantitative estimate of drug-likeness (QED) is 0.846. The maximum Gasteiger partial charge on any atom is 0.224 e. The first kappa shape index (κ1) is 16.7. The third-order valence-corrected chi connectivity index (χ3v) is 4.82. The van der Waals surface area contributed by atoms with Crippen molar-refractivity contribution in [3.05, 3.63) is 53.6 Å². The fourth-order valence-corrected chi connectivity index (χ4v) is 3.32. The Balaban J connectivity index is 1.45. The van der Waals surface area contributed by atoms with Gasteiger partial charge in [-0.3, -0.25) is 14.7 Å². The molecule has 1 amide bonds. The van der Waals surface area contributed by atoms with Crippen LogP contribution in [0.1, 0.15) is 23.4 Å². The van der Waals surface area contributed by atoms with E-state index in [1.807, 2.05) is 17.2 Å². The van der Waals surface area contributed by atoms with E-state index in [0.29, 0.717) is 6.42 Å². The number of aryl methyl sites for hydroxylation is 2. The molecule has 1 aliphatic heterocycles. The first-order valence-corrected chi connectivity index (χ1v) is 8.65. The van der Waals surface area contributed by atoms with Crippen molar-refractivity contribution in [3.8, 4) is 0 Å². The number of piperazine rings is 1. The van der Waals surface area contributed by atoms with Gasteiger partial charge in [0.25, 0.3) is 0 Å². The lowest BCUT2D eigenvalue weighted by Crippen LogP contribution is -2.48. The molecule has 0 N–H and O–H groups in total. The molecular formula is C19H26N4O. The molecular weight excluding hydrogens is 300 g/mol. The van der Waals surface area contributed by atoms with E-state index in [4.69, 9.17) is 0 Å². The molecule has 1 fully saturated rings. The molecule has 0 aliphatic carbocycles. The molecule has 0 unspecified atom stereocenters. The van der Waals surface area contributed by atoms with E-state index in [1.54, 1.807) is 6.20 Å². The Morgan fingerprint density at radius 1 is 1.08 bits per heavy atom. The van der Waals surface area contributed by atoms with Crippen LogP contribution in [0.4, 0.5) is 0 Å². The minimum absolute atomic E-state index is 0.267. The van der Waals surface area contributed by atoms with E-state index >= 15 is 0 Å². The van der Waals surface area contributed by atoms with E-state index in [1.165, 1.54) is 17.0 Å². The maximum atomic E-state index is 12.5. The summed E-state index contributed by atoms with van der Waals surface area (Å²) in [7, 11) is 0. The lowest BCUT2D eigenvalue weighted by atomic mass is 10.2. The fraction of sp³-hybridized carbons (Fsp3) is 0.474. The number of hydrogen-bond donors (Lipinski definition) is 0. The van der Waals surface area contributed by atoms with E-state index in [9.17, 15) is 4.79 Å². The van der Waals surface area contributed by atoms with E-state index in [2.05, 4.69) is 46.5 Å². The van der Waals surface area contributed by atoms with Crippen LogP contribution in [0.5, 0.6) is 0 Å². The maximum absolute atomic E-state index is 12.5. The topological polar surface area (TPSA) is 41.4 Å². The Kier molecular flexibility index (Phi) is 5.30. The van der Waals surface area contributed by atoms with Crippen molar-refractivity contribution in [1.82, 2.24) is 19.4 Å². The smallest absolute Gasteiger partial charge is 0.224 e. The predicted octanol–water partition coefficient (Wildman–Crippen LogP) is 2.23. The van der Waals surface area contributed by atoms with E-state index < -0.39 is 0 Å². The lowest BCUT2D eigenvalue weighted by molar-refractivity contribution is -0.133. The molecule has 0 aromatic carbocycles. The molecule has 128 valence electrons. The summed E-state index contributed by atoms with van der Waals surface area (Å²) >= 11 is 0. The fourth-order valence-electron chi connectivity index (χ4n) is 3.32. The number of carbonyl (C=O) groups excluding carboxylic acids is 1. The summed E-state index contributed by atoms with van der Waals surface area (Å²) in [6.07, 6.45) is 4.30. The standard InChI is InChI=1S/C19H26N4O/c1-16-5-6-17(2)23(16)9-7-19(24)22-12-10-21(11-13-22)15-18-4-3-8-20-14-18/h3-6,8,14H,7,9-13,15H2,1-2H3. The largest absolute Gasteiger partial charge is 0.349 e. The Morgan fingerprint density at radius 3 is 2.42 bits per heavy atom. The van der Waals surface area contributed by atoms with E-state index in [0.717, 1.165) is 39.3 Å². The normalized spacial score (nSPS) is 15.7. The van der Waals surface area contributed by atoms with Gasteiger partial charge in [-0.15, -0.1) is 0 Å². The van der Waals surface area contributed by atoms with Crippen LogP contribution in [0.2, 0.25) is 0 Å².